The van der Waals surface area contributed by atoms with Crippen LogP contribution in [0.2, 0.25) is 0 Å². The Hall–Kier alpha value is -2.60. The Morgan fingerprint density at radius 1 is 1.08 bits per heavy atom. The molecule has 1 amide bonds. The number of unbranched alkanes of at least 4 members (excludes halogenated alkanes) is 1. The molecule has 26 heavy (non-hydrogen) atoms. The Labute approximate surface area is 158 Å². The van der Waals surface area contributed by atoms with E-state index in [9.17, 15) is 4.79 Å². The van der Waals surface area contributed by atoms with Crippen molar-refractivity contribution in [2.24, 2.45) is 0 Å². The van der Waals surface area contributed by atoms with Crippen molar-refractivity contribution in [1.29, 1.82) is 0 Å². The molecule has 0 saturated carbocycles. The second-order valence-corrected chi connectivity index (χ2v) is 6.48. The van der Waals surface area contributed by atoms with E-state index in [-0.39, 0.29) is 11.0 Å². The third-order valence-corrected chi connectivity index (χ3v) is 4.27. The molecule has 2 aromatic carbocycles. The zero-order chi connectivity index (χ0) is 18.4. The first-order chi connectivity index (χ1) is 12.7. The van der Waals surface area contributed by atoms with Crippen molar-refractivity contribution in [3.05, 3.63) is 53.6 Å². The van der Waals surface area contributed by atoms with Gasteiger partial charge in [-0.1, -0.05) is 25.5 Å². The van der Waals surface area contributed by atoms with Crippen LogP contribution >= 0.6 is 12.2 Å². The van der Waals surface area contributed by atoms with Gasteiger partial charge in [-0.15, -0.1) is 0 Å². The van der Waals surface area contributed by atoms with Gasteiger partial charge in [0.25, 0.3) is 5.91 Å². The first-order valence-electron chi connectivity index (χ1n) is 8.76. The molecule has 1 aliphatic rings. The van der Waals surface area contributed by atoms with Gasteiger partial charge in [-0.2, -0.15) is 0 Å². The number of amides is 1. The normalized spacial score (nSPS) is 12.3. The standard InChI is InChI=1S/C20H22N2O3S/c1-2-3-4-14-5-8-16(9-6-14)21-20(26)22-19(23)15-7-10-17-18(13-15)25-12-11-24-17/h5-10,13H,2-4,11-12H2,1H3,(H2,21,22,23,26). The van der Waals surface area contributed by atoms with Gasteiger partial charge in [-0.3, -0.25) is 10.1 Å². The second kappa shape index (κ2) is 8.67. The van der Waals surface area contributed by atoms with Crippen molar-refractivity contribution in [2.75, 3.05) is 18.5 Å². The fraction of sp³-hybridized carbons (Fsp3) is 0.300. The highest BCUT2D eigenvalue weighted by Crippen LogP contribution is 2.30. The summed E-state index contributed by atoms with van der Waals surface area (Å²) in [7, 11) is 0. The van der Waals surface area contributed by atoms with Gasteiger partial charge >= 0.3 is 0 Å². The molecule has 0 aliphatic carbocycles. The van der Waals surface area contributed by atoms with Crippen molar-refractivity contribution in [2.45, 2.75) is 26.2 Å². The maximum atomic E-state index is 12.4. The predicted molar refractivity (Wildman–Crippen MR) is 106 cm³/mol. The summed E-state index contributed by atoms with van der Waals surface area (Å²) in [4.78, 5) is 12.4. The zero-order valence-electron chi connectivity index (χ0n) is 14.7. The Balaban J connectivity index is 1.56. The molecule has 2 N–H and O–H groups in total. The Morgan fingerprint density at radius 2 is 1.81 bits per heavy atom. The SMILES string of the molecule is CCCCc1ccc(NC(=S)NC(=O)c2ccc3c(c2)OCCO3)cc1. The highest BCUT2D eigenvalue weighted by molar-refractivity contribution is 7.80. The molecule has 1 aliphatic heterocycles. The smallest absolute Gasteiger partial charge is 0.257 e. The van der Waals surface area contributed by atoms with Crippen LogP contribution in [-0.2, 0) is 6.42 Å². The number of anilines is 1. The third kappa shape index (κ3) is 4.73. The van der Waals surface area contributed by atoms with Crippen LogP contribution in [0.25, 0.3) is 0 Å². The van der Waals surface area contributed by atoms with Crippen LogP contribution in [0.4, 0.5) is 5.69 Å². The number of carbonyl (C=O) groups excluding carboxylic acids is 1. The van der Waals surface area contributed by atoms with E-state index in [1.807, 2.05) is 12.1 Å². The summed E-state index contributed by atoms with van der Waals surface area (Å²) < 4.78 is 11.0. The molecule has 0 radical (unpaired) electrons. The Bertz CT molecular complexity index is 790. The van der Waals surface area contributed by atoms with Crippen molar-refractivity contribution in [1.82, 2.24) is 5.32 Å². The summed E-state index contributed by atoms with van der Waals surface area (Å²) in [6.07, 6.45) is 3.43. The number of hydrogen-bond donors (Lipinski definition) is 2. The number of benzene rings is 2. The molecule has 1 heterocycles. The third-order valence-electron chi connectivity index (χ3n) is 4.06. The summed E-state index contributed by atoms with van der Waals surface area (Å²) >= 11 is 5.24. The van der Waals surface area contributed by atoms with Gasteiger partial charge in [0.2, 0.25) is 0 Å². The van der Waals surface area contributed by atoms with Gasteiger partial charge in [0.15, 0.2) is 16.6 Å². The largest absolute Gasteiger partial charge is 0.486 e. The molecular formula is C20H22N2O3S. The van der Waals surface area contributed by atoms with E-state index in [1.54, 1.807) is 18.2 Å². The van der Waals surface area contributed by atoms with Crippen LogP contribution in [0.1, 0.15) is 35.7 Å². The van der Waals surface area contributed by atoms with Crippen molar-refractivity contribution in [3.63, 3.8) is 0 Å². The van der Waals surface area contributed by atoms with Crippen LogP contribution in [0.3, 0.4) is 0 Å². The summed E-state index contributed by atoms with van der Waals surface area (Å²) in [5, 5.41) is 5.97. The number of fused-ring (bicyclic) bond motifs is 1. The molecule has 6 heteroatoms. The lowest BCUT2D eigenvalue weighted by Crippen LogP contribution is -2.34. The molecule has 0 bridgehead atoms. The number of rotatable bonds is 5. The van der Waals surface area contributed by atoms with Crippen LogP contribution in [-0.4, -0.2) is 24.2 Å². The second-order valence-electron chi connectivity index (χ2n) is 6.07. The van der Waals surface area contributed by atoms with E-state index >= 15 is 0 Å². The van der Waals surface area contributed by atoms with Gasteiger partial charge in [0.05, 0.1) is 0 Å². The van der Waals surface area contributed by atoms with Crippen molar-refractivity contribution in [3.8, 4) is 11.5 Å². The van der Waals surface area contributed by atoms with Gasteiger partial charge in [-0.25, -0.2) is 0 Å². The average molecular weight is 370 g/mol. The molecule has 2 aromatic rings. The van der Waals surface area contributed by atoms with Crippen LogP contribution in [0.5, 0.6) is 11.5 Å². The fourth-order valence-electron chi connectivity index (χ4n) is 2.66. The lowest BCUT2D eigenvalue weighted by molar-refractivity contribution is 0.0976. The van der Waals surface area contributed by atoms with Gasteiger partial charge in [-0.05, 0) is 61.0 Å². The molecule has 0 spiro atoms. The molecule has 136 valence electrons. The number of hydrogen-bond acceptors (Lipinski definition) is 4. The number of thiocarbonyl (C=S) groups is 1. The minimum absolute atomic E-state index is 0.256. The quantitative estimate of drug-likeness (QED) is 0.781. The number of aryl methyl sites for hydroxylation is 1. The molecular weight excluding hydrogens is 348 g/mol. The van der Waals surface area contributed by atoms with Gasteiger partial charge < -0.3 is 14.8 Å². The van der Waals surface area contributed by atoms with E-state index in [0.717, 1.165) is 12.1 Å². The van der Waals surface area contributed by atoms with Crippen molar-refractivity contribution < 1.29 is 14.3 Å². The number of ether oxygens (including phenoxy) is 2. The van der Waals surface area contributed by atoms with E-state index in [4.69, 9.17) is 21.7 Å². The molecule has 0 saturated heterocycles. The molecule has 0 unspecified atom stereocenters. The van der Waals surface area contributed by atoms with Gasteiger partial charge in [0.1, 0.15) is 13.2 Å². The van der Waals surface area contributed by atoms with E-state index in [0.29, 0.717) is 30.3 Å². The lowest BCUT2D eigenvalue weighted by Gasteiger charge is -2.18. The minimum atomic E-state index is -0.293. The van der Waals surface area contributed by atoms with Crippen molar-refractivity contribution >= 4 is 28.9 Å². The van der Waals surface area contributed by atoms with E-state index in [1.165, 1.54) is 18.4 Å². The minimum Gasteiger partial charge on any atom is -0.486 e. The first kappa shape index (κ1) is 18.2. The van der Waals surface area contributed by atoms with E-state index in [2.05, 4.69) is 29.7 Å². The van der Waals surface area contributed by atoms with Crippen LogP contribution in [0, 0.1) is 0 Å². The summed E-state index contributed by atoms with van der Waals surface area (Å²) in [5.41, 5.74) is 2.61. The maximum absolute atomic E-state index is 12.4. The van der Waals surface area contributed by atoms with Crippen LogP contribution in [0.15, 0.2) is 42.5 Å². The molecule has 0 aromatic heterocycles. The zero-order valence-corrected chi connectivity index (χ0v) is 15.5. The topological polar surface area (TPSA) is 59.6 Å². The molecule has 5 nitrogen and oxygen atoms in total. The Kier molecular flexibility index (Phi) is 6.07. The lowest BCUT2D eigenvalue weighted by atomic mass is 10.1. The number of nitrogens with one attached hydrogen (secondary N) is 2. The summed E-state index contributed by atoms with van der Waals surface area (Å²) in [6.45, 7) is 3.18. The first-order valence-corrected chi connectivity index (χ1v) is 9.17. The summed E-state index contributed by atoms with van der Waals surface area (Å²) in [6, 6.07) is 13.2. The number of carbonyl (C=O) groups is 1. The fourth-order valence-corrected chi connectivity index (χ4v) is 2.87. The molecule has 0 fully saturated rings. The Morgan fingerprint density at radius 3 is 2.54 bits per heavy atom. The van der Waals surface area contributed by atoms with E-state index < -0.39 is 0 Å². The maximum Gasteiger partial charge on any atom is 0.257 e. The highest BCUT2D eigenvalue weighted by Gasteiger charge is 2.15. The van der Waals surface area contributed by atoms with Gasteiger partial charge in [0, 0.05) is 11.3 Å². The average Bonchev–Trinajstić information content (AvgIpc) is 2.67. The monoisotopic (exact) mass is 370 g/mol. The predicted octanol–water partition coefficient (Wildman–Crippen LogP) is 3.93. The molecule has 3 rings (SSSR count). The highest BCUT2D eigenvalue weighted by atomic mass is 32.1. The summed E-state index contributed by atoms with van der Waals surface area (Å²) in [5.74, 6) is 0.932. The van der Waals surface area contributed by atoms with Crippen LogP contribution < -0.4 is 20.1 Å². The molecule has 0 atom stereocenters.